The smallest absolute Gasteiger partial charge is 0.308 e. The van der Waals surface area contributed by atoms with E-state index >= 15 is 26.3 Å². The summed E-state index contributed by atoms with van der Waals surface area (Å²) in [6.45, 7) is 15.5. The Morgan fingerprint density at radius 2 is 1.01 bits per heavy atom. The van der Waals surface area contributed by atoms with Gasteiger partial charge in [-0.25, -0.2) is 19.7 Å². The average Bonchev–Trinajstić information content (AvgIpc) is 3.70. The first-order valence-electron chi connectivity index (χ1n) is 21.2. The summed E-state index contributed by atoms with van der Waals surface area (Å²) in [7, 11) is 0. The number of nitrogens with zero attached hydrogens (tertiary/aromatic N) is 6. The number of fused-ring (bicyclic) bond motifs is 3. The molecule has 0 saturated heterocycles. The van der Waals surface area contributed by atoms with Gasteiger partial charge in [-0.05, 0) is 71.3 Å². The molecule has 0 aliphatic rings. The van der Waals surface area contributed by atoms with Gasteiger partial charge in [0.1, 0.15) is 0 Å². The normalized spacial score (nSPS) is 11.6. The molecule has 69 heavy (non-hydrogen) atoms. The number of halogens is 6. The molecule has 0 fully saturated rings. The molecule has 0 aliphatic heterocycles. The fourth-order valence-electron chi connectivity index (χ4n) is 8.96. The van der Waals surface area contributed by atoms with Crippen LogP contribution in [-0.4, -0.2) is 14.5 Å². The highest BCUT2D eigenvalue weighted by atomic mass is 19.4. The number of rotatable bonds is 7. The summed E-state index contributed by atoms with van der Waals surface area (Å²) in [5, 5.41) is 11.3. The summed E-state index contributed by atoms with van der Waals surface area (Å²) in [5.41, 5.74) is 1.41. The number of aromatic nitrogens is 3. The second-order valence-electron chi connectivity index (χ2n) is 16.0. The van der Waals surface area contributed by atoms with Gasteiger partial charge in [0.05, 0.1) is 58.4 Å². The topological polar surface area (TPSA) is 63.2 Å². The molecule has 330 valence electrons. The van der Waals surface area contributed by atoms with E-state index in [2.05, 4.69) is 15.8 Å². The molecule has 0 N–H and O–H groups in total. The average molecular weight is 913 g/mol. The molecule has 0 aliphatic carbocycles. The summed E-state index contributed by atoms with van der Waals surface area (Å²) in [6.07, 6.45) is -9.80. The Kier molecular flexibility index (Phi) is 10.8. The highest BCUT2D eigenvalue weighted by Crippen LogP contribution is 2.50. The second kappa shape index (κ2) is 17.2. The predicted octanol–water partition coefficient (Wildman–Crippen LogP) is 16.6. The monoisotopic (exact) mass is 912 g/mol. The van der Waals surface area contributed by atoms with Crippen molar-refractivity contribution in [1.29, 1.82) is 5.26 Å². The lowest BCUT2D eigenvalue weighted by atomic mass is 9.88. The SMILES string of the molecule is [C-]#[N+]c1cc(C#N)c(-c2ccc3c(c2)c2ccccc2n3-c2c(-c3ccccc3C(F)(F)F)cc(-c3cc(-c4ccccc4)nc(-c4ccccc4)n3)cc2-c2ccccc2C(F)(F)F)c([N+]#[C-])c1. The van der Waals surface area contributed by atoms with Gasteiger partial charge in [-0.1, -0.05) is 127 Å². The number of alkyl halides is 6. The van der Waals surface area contributed by atoms with Crippen molar-refractivity contribution in [2.45, 2.75) is 12.4 Å². The molecule has 10 aromatic rings. The highest BCUT2D eigenvalue weighted by Gasteiger charge is 2.37. The maximum atomic E-state index is 15.4. The zero-order chi connectivity index (χ0) is 48.0. The lowest BCUT2D eigenvalue weighted by Crippen LogP contribution is -2.11. The molecule has 0 radical (unpaired) electrons. The lowest BCUT2D eigenvalue weighted by molar-refractivity contribution is -0.137. The van der Waals surface area contributed by atoms with Crippen LogP contribution in [0.25, 0.3) is 104 Å². The van der Waals surface area contributed by atoms with Crippen LogP contribution in [0.1, 0.15) is 16.7 Å². The van der Waals surface area contributed by atoms with Crippen LogP contribution >= 0.6 is 0 Å². The first-order chi connectivity index (χ1) is 33.4. The van der Waals surface area contributed by atoms with E-state index < -0.39 is 23.5 Å². The van der Waals surface area contributed by atoms with E-state index in [9.17, 15) is 5.26 Å². The van der Waals surface area contributed by atoms with Crippen LogP contribution in [0, 0.1) is 24.5 Å². The van der Waals surface area contributed by atoms with E-state index in [1.165, 1.54) is 48.5 Å². The molecule has 0 atom stereocenters. The quantitative estimate of drug-likeness (QED) is 0.118. The Morgan fingerprint density at radius 1 is 0.478 bits per heavy atom. The summed E-state index contributed by atoms with van der Waals surface area (Å²) < 4.78 is 94.1. The van der Waals surface area contributed by atoms with Gasteiger partial charge < -0.3 is 4.57 Å². The molecular weight excluding hydrogens is 883 g/mol. The van der Waals surface area contributed by atoms with Gasteiger partial charge in [0.25, 0.3) is 0 Å². The van der Waals surface area contributed by atoms with E-state index in [1.54, 1.807) is 65.2 Å². The van der Waals surface area contributed by atoms with Crippen molar-refractivity contribution in [2.24, 2.45) is 0 Å². The van der Waals surface area contributed by atoms with Crippen molar-refractivity contribution in [3.8, 4) is 79.0 Å². The Morgan fingerprint density at radius 3 is 1.59 bits per heavy atom. The third kappa shape index (κ3) is 7.88. The molecular formula is C57H30F6N6. The zero-order valence-corrected chi connectivity index (χ0v) is 35.8. The Labute approximate surface area is 390 Å². The van der Waals surface area contributed by atoms with Gasteiger partial charge in [0.2, 0.25) is 0 Å². The molecule has 0 saturated carbocycles. The van der Waals surface area contributed by atoms with Gasteiger partial charge in [-0.3, -0.25) is 0 Å². The molecule has 2 aromatic heterocycles. The molecule has 2 heterocycles. The minimum Gasteiger partial charge on any atom is -0.308 e. The third-order valence-electron chi connectivity index (χ3n) is 11.9. The number of para-hydroxylation sites is 1. The maximum absolute atomic E-state index is 15.4. The van der Waals surface area contributed by atoms with Crippen LogP contribution in [0.2, 0.25) is 0 Å². The zero-order valence-electron chi connectivity index (χ0n) is 35.8. The Hall–Kier alpha value is -9.31. The molecule has 0 bridgehead atoms. The minimum absolute atomic E-state index is 0.0210. The molecule has 6 nitrogen and oxygen atoms in total. The lowest BCUT2D eigenvalue weighted by Gasteiger charge is -2.24. The van der Waals surface area contributed by atoms with Crippen LogP contribution in [0.4, 0.5) is 37.7 Å². The minimum atomic E-state index is -4.90. The number of hydrogen-bond acceptors (Lipinski definition) is 3. The van der Waals surface area contributed by atoms with E-state index in [4.69, 9.17) is 23.1 Å². The van der Waals surface area contributed by atoms with Crippen molar-refractivity contribution in [1.82, 2.24) is 14.5 Å². The van der Waals surface area contributed by atoms with Crippen molar-refractivity contribution in [3.63, 3.8) is 0 Å². The van der Waals surface area contributed by atoms with Crippen LogP contribution < -0.4 is 0 Å². The largest absolute Gasteiger partial charge is 0.417 e. The molecule has 0 spiro atoms. The molecule has 0 amide bonds. The van der Waals surface area contributed by atoms with E-state index in [0.717, 1.165) is 12.1 Å². The summed E-state index contributed by atoms with van der Waals surface area (Å²) in [5.74, 6) is 0.286. The van der Waals surface area contributed by atoms with E-state index in [0.29, 0.717) is 44.2 Å². The Bertz CT molecular complexity index is 3630. The van der Waals surface area contributed by atoms with E-state index in [1.807, 2.05) is 60.7 Å². The maximum Gasteiger partial charge on any atom is 0.417 e. The van der Waals surface area contributed by atoms with Crippen molar-refractivity contribution < 1.29 is 26.3 Å². The first-order valence-corrected chi connectivity index (χ1v) is 21.2. The second-order valence-corrected chi connectivity index (χ2v) is 16.0. The van der Waals surface area contributed by atoms with Crippen LogP contribution in [0.5, 0.6) is 0 Å². The van der Waals surface area contributed by atoms with E-state index in [-0.39, 0.29) is 67.5 Å². The summed E-state index contributed by atoms with van der Waals surface area (Å²) >= 11 is 0. The van der Waals surface area contributed by atoms with Gasteiger partial charge in [0, 0.05) is 49.7 Å². The molecule has 12 heteroatoms. The van der Waals surface area contributed by atoms with Crippen LogP contribution in [0.3, 0.4) is 0 Å². The van der Waals surface area contributed by atoms with Crippen LogP contribution in [-0.2, 0) is 12.4 Å². The van der Waals surface area contributed by atoms with Gasteiger partial charge in [-0.15, -0.1) is 0 Å². The van der Waals surface area contributed by atoms with Crippen molar-refractivity contribution in [3.05, 3.63) is 222 Å². The van der Waals surface area contributed by atoms with Crippen LogP contribution in [0.15, 0.2) is 182 Å². The standard InChI is InChI=1S/C57H30F6N6/c1-65-39-27-38(33-64)53(50(31-39)66-2)36-25-26-52-43(28-36)42-21-11-14-24-51(42)69(52)54-44(40-19-9-12-22-46(40)56(58,59)60)29-37(30-45(54)41-20-10-13-23-47(41)57(61,62)63)49-32-48(34-15-5-3-6-16-34)67-55(68-49)35-17-7-4-8-18-35/h3-32H. The summed E-state index contributed by atoms with van der Waals surface area (Å²) in [4.78, 5) is 16.9. The predicted molar refractivity (Wildman–Crippen MR) is 256 cm³/mol. The number of benzene rings is 8. The summed E-state index contributed by atoms with van der Waals surface area (Å²) in [6, 6.07) is 50.0. The van der Waals surface area contributed by atoms with Crippen molar-refractivity contribution >= 4 is 33.2 Å². The van der Waals surface area contributed by atoms with Crippen molar-refractivity contribution in [2.75, 3.05) is 0 Å². The number of nitriles is 1. The Balaban J connectivity index is 1.37. The number of hydrogen-bond donors (Lipinski definition) is 0. The third-order valence-corrected chi connectivity index (χ3v) is 11.9. The fourth-order valence-corrected chi connectivity index (χ4v) is 8.96. The molecule has 8 aromatic carbocycles. The fraction of sp³-hybridized carbons (Fsp3) is 0.0351. The molecule has 10 rings (SSSR count). The molecule has 0 unspecified atom stereocenters. The van der Waals surface area contributed by atoms with Gasteiger partial charge >= 0.3 is 12.4 Å². The highest BCUT2D eigenvalue weighted by molar-refractivity contribution is 6.12. The van der Waals surface area contributed by atoms with Gasteiger partial charge in [0.15, 0.2) is 17.2 Å². The van der Waals surface area contributed by atoms with Gasteiger partial charge in [-0.2, -0.15) is 31.6 Å². The first kappa shape index (κ1) is 43.6.